The quantitative estimate of drug-likeness (QED) is 0.385. The second-order valence-electron chi connectivity index (χ2n) is 14.2. The molecular formula is C32H42F3N7O5. The molecule has 4 N–H and O–H groups in total. The van der Waals surface area contributed by atoms with Crippen molar-refractivity contribution in [3.63, 3.8) is 0 Å². The Balaban J connectivity index is 1.36. The van der Waals surface area contributed by atoms with Gasteiger partial charge in [0.2, 0.25) is 5.91 Å². The van der Waals surface area contributed by atoms with Crippen LogP contribution in [0.4, 0.5) is 23.7 Å². The molecule has 0 spiro atoms. The number of alkyl carbamates (subject to hydrolysis) is 1. The molecule has 256 valence electrons. The summed E-state index contributed by atoms with van der Waals surface area (Å²) in [5, 5.41) is 9.68. The first-order chi connectivity index (χ1) is 21.8. The molecule has 47 heavy (non-hydrogen) atoms. The van der Waals surface area contributed by atoms with Crippen molar-refractivity contribution in [2.45, 2.75) is 90.1 Å². The number of benzene rings is 1. The van der Waals surface area contributed by atoms with Crippen LogP contribution in [-0.4, -0.2) is 86.8 Å². The average Bonchev–Trinajstić information content (AvgIpc) is 3.70. The maximum Gasteiger partial charge on any atom is 0.435 e. The lowest BCUT2D eigenvalue weighted by Crippen LogP contribution is -2.54. The van der Waals surface area contributed by atoms with Crippen molar-refractivity contribution < 1.29 is 37.1 Å². The van der Waals surface area contributed by atoms with Gasteiger partial charge in [0.05, 0.1) is 22.5 Å². The van der Waals surface area contributed by atoms with Crippen molar-refractivity contribution in [2.75, 3.05) is 31.5 Å². The van der Waals surface area contributed by atoms with E-state index in [4.69, 9.17) is 10.5 Å². The Labute approximate surface area is 271 Å². The number of piperidine rings is 1. The van der Waals surface area contributed by atoms with Crippen LogP contribution in [0.5, 0.6) is 0 Å². The van der Waals surface area contributed by atoms with Crippen LogP contribution in [0.15, 0.2) is 18.2 Å². The molecule has 2 aromatic rings. The van der Waals surface area contributed by atoms with Gasteiger partial charge in [0.1, 0.15) is 12.1 Å². The Bertz CT molecular complexity index is 1570. The number of rotatable bonds is 8. The number of amides is 4. The Kier molecular flexibility index (Phi) is 8.97. The maximum absolute atomic E-state index is 14.3. The van der Waals surface area contributed by atoms with Crippen molar-refractivity contribution in [1.29, 1.82) is 0 Å². The minimum Gasteiger partial charge on any atom is -0.444 e. The van der Waals surface area contributed by atoms with Crippen LogP contribution in [0.25, 0.3) is 5.69 Å². The normalized spacial score (nSPS) is 18.5. The van der Waals surface area contributed by atoms with Gasteiger partial charge in [-0.3, -0.25) is 14.4 Å². The Morgan fingerprint density at radius 1 is 1.09 bits per heavy atom. The summed E-state index contributed by atoms with van der Waals surface area (Å²) in [5.74, 6) is -1.40. The van der Waals surface area contributed by atoms with Crippen LogP contribution >= 0.6 is 0 Å². The number of halogens is 3. The molecule has 1 saturated carbocycles. The molecule has 15 heteroatoms. The number of carbonyl (C=O) groups excluding carboxylic acids is 4. The topological polar surface area (TPSA) is 152 Å². The highest BCUT2D eigenvalue weighted by Gasteiger charge is 2.49. The highest BCUT2D eigenvalue weighted by atomic mass is 19.4. The van der Waals surface area contributed by atoms with Crippen LogP contribution in [0.2, 0.25) is 0 Å². The van der Waals surface area contributed by atoms with Crippen molar-refractivity contribution in [2.24, 2.45) is 11.7 Å². The highest BCUT2D eigenvalue weighted by Crippen LogP contribution is 2.42. The number of fused-ring (bicyclic) bond motifs is 1. The van der Waals surface area contributed by atoms with E-state index in [2.05, 4.69) is 15.7 Å². The third-order valence-corrected chi connectivity index (χ3v) is 8.68. The minimum absolute atomic E-state index is 0.137. The molecule has 12 nitrogen and oxygen atoms in total. The van der Waals surface area contributed by atoms with Gasteiger partial charge in [0, 0.05) is 43.3 Å². The molecule has 0 unspecified atom stereocenters. The van der Waals surface area contributed by atoms with Crippen LogP contribution in [-0.2, 0) is 22.1 Å². The Morgan fingerprint density at radius 3 is 2.32 bits per heavy atom. The second kappa shape index (κ2) is 12.4. The van der Waals surface area contributed by atoms with E-state index >= 15 is 0 Å². The van der Waals surface area contributed by atoms with E-state index in [0.29, 0.717) is 38.2 Å². The standard InChI is InChI=1S/C32H42F3N7O5/c1-30(2,3)47-29(46)37-16-24(43)40-12-10-19(11-13-40)38-22-14-20(8-9-21(22)27(36)44)42-23-15-31(4,5)41(17-18-6-7-18)28(45)25(23)26(39-42)32(33,34)35/h8-9,14,18-19,38H,6-7,10-13,15-17H2,1-5H3,(H2,36,44)(H,37,46). The summed E-state index contributed by atoms with van der Waals surface area (Å²) in [6.45, 7) is 9.77. The van der Waals surface area contributed by atoms with E-state index in [9.17, 15) is 32.3 Å². The number of nitrogens with two attached hydrogens (primary N) is 1. The summed E-state index contributed by atoms with van der Waals surface area (Å²) in [6, 6.07) is 4.22. The summed E-state index contributed by atoms with van der Waals surface area (Å²) < 4.78 is 49.2. The summed E-state index contributed by atoms with van der Waals surface area (Å²) >= 11 is 0. The number of anilines is 1. The molecule has 0 bridgehead atoms. The van der Waals surface area contributed by atoms with E-state index < -0.39 is 46.5 Å². The van der Waals surface area contributed by atoms with Crippen molar-refractivity contribution >= 4 is 29.5 Å². The molecule has 1 aromatic carbocycles. The maximum atomic E-state index is 14.3. The fourth-order valence-electron chi connectivity index (χ4n) is 6.12. The van der Waals surface area contributed by atoms with Crippen LogP contribution in [0.3, 0.4) is 0 Å². The third-order valence-electron chi connectivity index (χ3n) is 8.68. The van der Waals surface area contributed by atoms with Gasteiger partial charge >= 0.3 is 12.3 Å². The SMILES string of the molecule is CC(C)(C)OC(=O)NCC(=O)N1CCC(Nc2cc(-n3nc(C(F)(F)F)c4c3CC(C)(C)N(CC3CC3)C4=O)ccc2C(N)=O)CC1. The molecule has 1 aromatic heterocycles. The van der Waals surface area contributed by atoms with E-state index in [1.54, 1.807) is 30.6 Å². The molecule has 0 atom stereocenters. The number of hydrogen-bond donors (Lipinski definition) is 3. The number of nitrogens with one attached hydrogen (secondary N) is 2. The van der Waals surface area contributed by atoms with Gasteiger partial charge in [-0.05, 0) is 84.4 Å². The van der Waals surface area contributed by atoms with Gasteiger partial charge < -0.3 is 30.9 Å². The number of primary amides is 1. The number of likely N-dealkylation sites (tertiary alicyclic amines) is 1. The summed E-state index contributed by atoms with van der Waals surface area (Å²) in [7, 11) is 0. The third kappa shape index (κ3) is 7.65. The smallest absolute Gasteiger partial charge is 0.435 e. The van der Waals surface area contributed by atoms with Crippen LogP contribution in [0, 0.1) is 5.92 Å². The summed E-state index contributed by atoms with van der Waals surface area (Å²) in [4.78, 5) is 53.7. The molecule has 5 rings (SSSR count). The first-order valence-electron chi connectivity index (χ1n) is 15.8. The lowest BCUT2D eigenvalue weighted by molar-refractivity contribution is -0.141. The number of carbonyl (C=O) groups is 4. The van der Waals surface area contributed by atoms with Gasteiger partial charge in [-0.25, -0.2) is 9.48 Å². The van der Waals surface area contributed by atoms with Crippen molar-refractivity contribution in [1.82, 2.24) is 24.9 Å². The van der Waals surface area contributed by atoms with Gasteiger partial charge in [-0.2, -0.15) is 18.3 Å². The average molecular weight is 662 g/mol. The zero-order valence-electron chi connectivity index (χ0n) is 27.3. The molecule has 2 fully saturated rings. The van der Waals surface area contributed by atoms with E-state index in [1.807, 2.05) is 13.8 Å². The summed E-state index contributed by atoms with van der Waals surface area (Å²) in [5.41, 5.74) is 3.38. The van der Waals surface area contributed by atoms with Gasteiger partial charge in [0.15, 0.2) is 5.69 Å². The molecule has 1 saturated heterocycles. The number of ether oxygens (including phenoxy) is 1. The number of nitrogens with zero attached hydrogens (tertiary/aromatic N) is 4. The van der Waals surface area contributed by atoms with Gasteiger partial charge in [-0.1, -0.05) is 0 Å². The van der Waals surface area contributed by atoms with E-state index in [-0.39, 0.29) is 47.8 Å². The lowest BCUT2D eigenvalue weighted by atomic mass is 9.87. The Hall–Kier alpha value is -4.30. The molecule has 2 aliphatic heterocycles. The molecule has 4 amide bonds. The Morgan fingerprint density at radius 2 is 1.74 bits per heavy atom. The summed E-state index contributed by atoms with van der Waals surface area (Å²) in [6.07, 6.45) is -2.52. The van der Waals surface area contributed by atoms with Gasteiger partial charge in [-0.15, -0.1) is 0 Å². The predicted molar refractivity (Wildman–Crippen MR) is 166 cm³/mol. The van der Waals surface area contributed by atoms with Crippen LogP contribution < -0.4 is 16.4 Å². The molecule has 3 heterocycles. The molecule has 3 aliphatic rings. The molecule has 1 aliphatic carbocycles. The molecule has 0 radical (unpaired) electrons. The fraction of sp³-hybridized carbons (Fsp3) is 0.594. The monoisotopic (exact) mass is 661 g/mol. The fourth-order valence-corrected chi connectivity index (χ4v) is 6.12. The molecular weight excluding hydrogens is 619 g/mol. The number of hydrogen-bond acceptors (Lipinski definition) is 7. The zero-order valence-corrected chi connectivity index (χ0v) is 27.3. The van der Waals surface area contributed by atoms with E-state index in [1.165, 1.54) is 18.2 Å². The second-order valence-corrected chi connectivity index (χ2v) is 14.2. The number of aromatic nitrogens is 2. The first kappa shape index (κ1) is 34.0. The van der Waals surface area contributed by atoms with Crippen molar-refractivity contribution in [3.8, 4) is 5.69 Å². The number of alkyl halides is 3. The highest BCUT2D eigenvalue weighted by molar-refractivity contribution is 6.00. The lowest BCUT2D eigenvalue weighted by Gasteiger charge is -2.42. The van der Waals surface area contributed by atoms with Crippen molar-refractivity contribution in [3.05, 3.63) is 40.7 Å². The minimum atomic E-state index is -4.86. The predicted octanol–water partition coefficient (Wildman–Crippen LogP) is 4.10. The first-order valence-corrected chi connectivity index (χ1v) is 15.8. The van der Waals surface area contributed by atoms with E-state index in [0.717, 1.165) is 17.5 Å². The largest absolute Gasteiger partial charge is 0.444 e. The zero-order chi connectivity index (χ0) is 34.5. The van der Waals surface area contributed by atoms with Crippen LogP contribution in [0.1, 0.15) is 92.4 Å². The van der Waals surface area contributed by atoms with Gasteiger partial charge in [0.25, 0.3) is 11.8 Å².